The van der Waals surface area contributed by atoms with Crippen LogP contribution in [0.4, 0.5) is 0 Å². The predicted molar refractivity (Wildman–Crippen MR) is 80.5 cm³/mol. The molecule has 0 N–H and O–H groups in total. The number of hydrogen-bond acceptors (Lipinski definition) is 4. The zero-order chi connectivity index (χ0) is 14.9. The van der Waals surface area contributed by atoms with E-state index in [-0.39, 0.29) is 24.2 Å². The van der Waals surface area contributed by atoms with E-state index >= 15 is 0 Å². The molecule has 0 bridgehead atoms. The molecule has 0 unspecified atom stereocenters. The first-order valence-electron chi connectivity index (χ1n) is 8.94. The number of morpholine rings is 1. The highest BCUT2D eigenvalue weighted by Gasteiger charge is 2.46. The van der Waals surface area contributed by atoms with Gasteiger partial charge < -0.3 is 19.1 Å². The van der Waals surface area contributed by atoms with Crippen molar-refractivity contribution in [3.63, 3.8) is 0 Å². The van der Waals surface area contributed by atoms with Crippen molar-refractivity contribution in [2.75, 3.05) is 33.0 Å². The average Bonchev–Trinajstić information content (AvgIpc) is 3.31. The average molecular weight is 309 g/mol. The molecule has 2 aliphatic carbocycles. The maximum atomic E-state index is 12.9. The van der Waals surface area contributed by atoms with Gasteiger partial charge in [-0.1, -0.05) is 0 Å². The van der Waals surface area contributed by atoms with E-state index < -0.39 is 0 Å². The fourth-order valence-corrected chi connectivity index (χ4v) is 4.09. The molecule has 4 rings (SSSR count). The summed E-state index contributed by atoms with van der Waals surface area (Å²) in [6.07, 6.45) is 6.71. The fraction of sp³-hybridized carbons (Fsp3) is 0.941. The van der Waals surface area contributed by atoms with Crippen LogP contribution in [0.3, 0.4) is 0 Å². The third-order valence-electron chi connectivity index (χ3n) is 5.63. The van der Waals surface area contributed by atoms with E-state index in [1.54, 1.807) is 0 Å². The van der Waals surface area contributed by atoms with Gasteiger partial charge in [-0.3, -0.25) is 4.79 Å². The summed E-state index contributed by atoms with van der Waals surface area (Å²) < 4.78 is 17.5. The second-order valence-corrected chi connectivity index (χ2v) is 7.21. The zero-order valence-electron chi connectivity index (χ0n) is 13.2. The summed E-state index contributed by atoms with van der Waals surface area (Å²) in [5.41, 5.74) is 0. The van der Waals surface area contributed by atoms with Gasteiger partial charge in [0.2, 0.25) is 5.91 Å². The molecule has 4 fully saturated rings. The molecule has 5 nitrogen and oxygen atoms in total. The Bertz CT molecular complexity index is 405. The van der Waals surface area contributed by atoms with Crippen LogP contribution < -0.4 is 0 Å². The Morgan fingerprint density at radius 1 is 1.05 bits per heavy atom. The van der Waals surface area contributed by atoms with Crippen LogP contribution in [0.2, 0.25) is 0 Å². The van der Waals surface area contributed by atoms with E-state index in [0.29, 0.717) is 12.5 Å². The third kappa shape index (κ3) is 3.03. The molecule has 0 aromatic carbocycles. The van der Waals surface area contributed by atoms with Crippen LogP contribution in [0.5, 0.6) is 0 Å². The van der Waals surface area contributed by atoms with Crippen LogP contribution in [0.1, 0.15) is 38.5 Å². The monoisotopic (exact) mass is 309 g/mol. The van der Waals surface area contributed by atoms with Crippen molar-refractivity contribution >= 4 is 5.91 Å². The molecule has 2 saturated carbocycles. The molecular formula is C17H27NO4. The van der Waals surface area contributed by atoms with E-state index in [1.807, 2.05) is 0 Å². The first kappa shape index (κ1) is 14.9. The number of amides is 1. The molecule has 124 valence electrons. The number of rotatable bonds is 4. The standard InChI is InChI=1S/C17H27NO4/c19-17(13-5-8-20-9-6-13)18-7-10-21-16-14(18)3-4-15(16)22-11-12-1-2-12/h12-16H,1-11H2/t14-,15-,16+/m0/s1. The number of carbonyl (C=O) groups excluding carboxylic acids is 1. The Morgan fingerprint density at radius 3 is 2.64 bits per heavy atom. The molecule has 2 heterocycles. The lowest BCUT2D eigenvalue weighted by Gasteiger charge is -2.41. The lowest BCUT2D eigenvalue weighted by molar-refractivity contribution is -0.158. The summed E-state index contributed by atoms with van der Waals surface area (Å²) >= 11 is 0. The van der Waals surface area contributed by atoms with Crippen molar-refractivity contribution in [2.45, 2.75) is 56.8 Å². The maximum Gasteiger partial charge on any atom is 0.226 e. The second-order valence-electron chi connectivity index (χ2n) is 7.21. The number of carbonyl (C=O) groups is 1. The first-order chi connectivity index (χ1) is 10.8. The molecule has 4 aliphatic rings. The van der Waals surface area contributed by atoms with Crippen LogP contribution in [0.15, 0.2) is 0 Å². The molecule has 3 atom stereocenters. The summed E-state index contributed by atoms with van der Waals surface area (Å²) in [6.45, 7) is 3.72. The number of fused-ring (bicyclic) bond motifs is 1. The molecule has 5 heteroatoms. The molecule has 1 amide bonds. The summed E-state index contributed by atoms with van der Waals surface area (Å²) in [6, 6.07) is 0.230. The quantitative estimate of drug-likeness (QED) is 0.791. The highest BCUT2D eigenvalue weighted by Crippen LogP contribution is 2.36. The molecular weight excluding hydrogens is 282 g/mol. The number of nitrogens with zero attached hydrogens (tertiary/aromatic N) is 1. The first-order valence-corrected chi connectivity index (χ1v) is 8.94. The van der Waals surface area contributed by atoms with Crippen molar-refractivity contribution in [1.29, 1.82) is 0 Å². The summed E-state index contributed by atoms with van der Waals surface area (Å²) in [5.74, 6) is 1.26. The minimum absolute atomic E-state index is 0.0938. The van der Waals surface area contributed by atoms with Crippen LogP contribution in [-0.2, 0) is 19.0 Å². The molecule has 0 aromatic rings. The van der Waals surface area contributed by atoms with E-state index in [0.717, 1.165) is 58.0 Å². The summed E-state index contributed by atoms with van der Waals surface area (Å²) in [7, 11) is 0. The van der Waals surface area contributed by atoms with E-state index in [2.05, 4.69) is 4.90 Å². The minimum atomic E-state index is 0.0938. The molecule has 2 aliphatic heterocycles. The molecule has 22 heavy (non-hydrogen) atoms. The molecule has 0 radical (unpaired) electrons. The largest absolute Gasteiger partial charge is 0.381 e. The van der Waals surface area contributed by atoms with Crippen LogP contribution in [0, 0.1) is 11.8 Å². The Labute approximate surface area is 132 Å². The van der Waals surface area contributed by atoms with Crippen molar-refractivity contribution in [3.8, 4) is 0 Å². The van der Waals surface area contributed by atoms with Gasteiger partial charge >= 0.3 is 0 Å². The second kappa shape index (κ2) is 6.46. The zero-order valence-corrected chi connectivity index (χ0v) is 13.2. The number of ether oxygens (including phenoxy) is 3. The van der Waals surface area contributed by atoms with Gasteiger partial charge in [-0.25, -0.2) is 0 Å². The summed E-state index contributed by atoms with van der Waals surface area (Å²) in [4.78, 5) is 15.0. The Kier molecular flexibility index (Phi) is 4.38. The Morgan fingerprint density at radius 2 is 1.86 bits per heavy atom. The lowest BCUT2D eigenvalue weighted by atomic mass is 9.97. The Hall–Kier alpha value is -0.650. The van der Waals surface area contributed by atoms with Crippen LogP contribution in [0.25, 0.3) is 0 Å². The highest BCUT2D eigenvalue weighted by atomic mass is 16.5. The van der Waals surface area contributed by atoms with Crippen molar-refractivity contribution in [1.82, 2.24) is 4.90 Å². The van der Waals surface area contributed by atoms with Gasteiger partial charge in [-0.2, -0.15) is 0 Å². The van der Waals surface area contributed by atoms with Gasteiger partial charge in [0.1, 0.15) is 6.10 Å². The maximum absolute atomic E-state index is 12.9. The van der Waals surface area contributed by atoms with Crippen LogP contribution in [-0.4, -0.2) is 62.0 Å². The fourth-order valence-electron chi connectivity index (χ4n) is 4.09. The smallest absolute Gasteiger partial charge is 0.226 e. The van der Waals surface area contributed by atoms with Gasteiger partial charge in [0.25, 0.3) is 0 Å². The lowest BCUT2D eigenvalue weighted by Crippen LogP contribution is -2.55. The molecule has 0 aromatic heterocycles. The normalized spacial score (nSPS) is 36.4. The van der Waals surface area contributed by atoms with E-state index in [9.17, 15) is 4.79 Å². The van der Waals surface area contributed by atoms with E-state index in [4.69, 9.17) is 14.2 Å². The van der Waals surface area contributed by atoms with Crippen molar-refractivity contribution in [3.05, 3.63) is 0 Å². The van der Waals surface area contributed by atoms with E-state index in [1.165, 1.54) is 12.8 Å². The molecule has 0 spiro atoms. The van der Waals surface area contributed by atoms with Crippen LogP contribution >= 0.6 is 0 Å². The van der Waals surface area contributed by atoms with Gasteiger partial charge in [0.15, 0.2) is 0 Å². The minimum Gasteiger partial charge on any atom is -0.381 e. The topological polar surface area (TPSA) is 48.0 Å². The SMILES string of the molecule is O=C(C1CCOCC1)N1CCO[C@H]2[C@@H](OCC3CC3)CC[C@@H]21. The van der Waals surface area contributed by atoms with Gasteiger partial charge in [0, 0.05) is 32.3 Å². The highest BCUT2D eigenvalue weighted by molar-refractivity contribution is 5.79. The van der Waals surface area contributed by atoms with Gasteiger partial charge in [-0.15, -0.1) is 0 Å². The Balaban J connectivity index is 1.37. The third-order valence-corrected chi connectivity index (χ3v) is 5.63. The van der Waals surface area contributed by atoms with Gasteiger partial charge in [-0.05, 0) is 44.4 Å². The number of hydrogen-bond donors (Lipinski definition) is 0. The predicted octanol–water partition coefficient (Wildman–Crippen LogP) is 1.60. The van der Waals surface area contributed by atoms with Gasteiger partial charge in [0.05, 0.1) is 18.8 Å². The molecule has 2 saturated heterocycles. The summed E-state index contributed by atoms with van der Waals surface area (Å²) in [5, 5.41) is 0. The van der Waals surface area contributed by atoms with Crippen molar-refractivity contribution < 1.29 is 19.0 Å². The van der Waals surface area contributed by atoms with Crippen molar-refractivity contribution in [2.24, 2.45) is 11.8 Å².